The van der Waals surface area contributed by atoms with E-state index in [0.717, 1.165) is 12.8 Å². The van der Waals surface area contributed by atoms with Crippen LogP contribution in [0.15, 0.2) is 41.8 Å². The van der Waals surface area contributed by atoms with Crippen LogP contribution in [0.2, 0.25) is 0 Å². The lowest BCUT2D eigenvalue weighted by molar-refractivity contribution is -0.134. The number of nitrogens with zero attached hydrogens (tertiary/aromatic N) is 2. The molecule has 5 heteroatoms. The summed E-state index contributed by atoms with van der Waals surface area (Å²) in [6, 6.07) is 13.4. The lowest BCUT2D eigenvalue weighted by Crippen LogP contribution is -2.36. The molecule has 22 heavy (non-hydrogen) atoms. The predicted molar refractivity (Wildman–Crippen MR) is 84.5 cm³/mol. The van der Waals surface area contributed by atoms with Crippen molar-refractivity contribution in [3.63, 3.8) is 0 Å². The fraction of sp³-hybridized carbons (Fsp3) is 0.294. The van der Waals surface area contributed by atoms with Crippen LogP contribution >= 0.6 is 11.3 Å². The van der Waals surface area contributed by atoms with Crippen molar-refractivity contribution in [3.8, 4) is 11.8 Å². The van der Waals surface area contributed by atoms with Crippen LogP contribution in [-0.2, 0) is 11.3 Å². The number of thiophene rings is 1. The van der Waals surface area contributed by atoms with Gasteiger partial charge in [0.05, 0.1) is 12.1 Å². The fourth-order valence-electron chi connectivity index (χ4n) is 2.28. The van der Waals surface area contributed by atoms with Gasteiger partial charge in [-0.05, 0) is 36.4 Å². The van der Waals surface area contributed by atoms with Crippen LogP contribution < -0.4 is 4.74 Å². The number of nitriles is 1. The molecule has 1 aliphatic rings. The van der Waals surface area contributed by atoms with Crippen LogP contribution in [0, 0.1) is 11.3 Å². The Morgan fingerprint density at radius 1 is 1.32 bits per heavy atom. The van der Waals surface area contributed by atoms with Gasteiger partial charge in [0.25, 0.3) is 5.91 Å². The van der Waals surface area contributed by atoms with Gasteiger partial charge in [-0.2, -0.15) is 5.26 Å². The number of carbonyl (C=O) groups is 1. The molecule has 0 aliphatic heterocycles. The molecule has 0 spiro atoms. The molecule has 3 rings (SSSR count). The molecule has 0 saturated heterocycles. The number of hydrogen-bond donors (Lipinski definition) is 0. The second kappa shape index (κ2) is 6.63. The summed E-state index contributed by atoms with van der Waals surface area (Å²) in [5.74, 6) is 0.439. The monoisotopic (exact) mass is 312 g/mol. The van der Waals surface area contributed by atoms with Crippen LogP contribution in [-0.4, -0.2) is 23.5 Å². The highest BCUT2D eigenvalue weighted by Crippen LogP contribution is 2.29. The van der Waals surface area contributed by atoms with Crippen LogP contribution in [0.5, 0.6) is 5.75 Å². The number of hydrogen-bond acceptors (Lipinski definition) is 4. The van der Waals surface area contributed by atoms with Gasteiger partial charge >= 0.3 is 0 Å². The van der Waals surface area contributed by atoms with Crippen molar-refractivity contribution < 1.29 is 9.53 Å². The maximum atomic E-state index is 12.4. The lowest BCUT2D eigenvalue weighted by atomic mass is 10.2. The van der Waals surface area contributed by atoms with Crippen molar-refractivity contribution in [2.75, 3.05) is 6.61 Å². The van der Waals surface area contributed by atoms with Crippen LogP contribution in [0.25, 0.3) is 0 Å². The van der Waals surface area contributed by atoms with Crippen LogP contribution in [0.3, 0.4) is 0 Å². The number of carbonyl (C=O) groups excluding carboxylic acids is 1. The second-order valence-electron chi connectivity index (χ2n) is 5.23. The van der Waals surface area contributed by atoms with Crippen LogP contribution in [0.4, 0.5) is 0 Å². The molecule has 1 aliphatic carbocycles. The normalized spacial score (nSPS) is 13.4. The molecule has 0 unspecified atom stereocenters. The fourth-order valence-corrected chi connectivity index (χ4v) is 2.99. The van der Waals surface area contributed by atoms with Crippen molar-refractivity contribution >= 4 is 17.2 Å². The molecule has 1 aromatic carbocycles. The van der Waals surface area contributed by atoms with Crippen LogP contribution in [0.1, 0.15) is 23.3 Å². The summed E-state index contributed by atoms with van der Waals surface area (Å²) in [5.41, 5.74) is 0.450. The number of amides is 1. The Labute approximate surface area is 133 Å². The highest BCUT2D eigenvalue weighted by atomic mass is 32.1. The highest BCUT2D eigenvalue weighted by molar-refractivity contribution is 7.09. The quantitative estimate of drug-likeness (QED) is 0.823. The standard InChI is InChI=1S/C17H16N2O2S/c18-10-13-4-1-2-6-16(13)21-12-17(20)19(14-7-8-14)11-15-5-3-9-22-15/h1-6,9,14H,7-8,11-12H2. The third-order valence-electron chi connectivity index (χ3n) is 3.57. The molecule has 1 heterocycles. The molecule has 2 aromatic rings. The third kappa shape index (κ3) is 3.46. The maximum Gasteiger partial charge on any atom is 0.261 e. The van der Waals surface area contributed by atoms with E-state index in [4.69, 9.17) is 10.00 Å². The molecule has 1 saturated carbocycles. The molecular weight excluding hydrogens is 296 g/mol. The summed E-state index contributed by atoms with van der Waals surface area (Å²) in [6.07, 6.45) is 2.12. The zero-order chi connectivity index (χ0) is 15.4. The highest BCUT2D eigenvalue weighted by Gasteiger charge is 2.32. The van der Waals surface area contributed by atoms with Gasteiger partial charge in [-0.3, -0.25) is 4.79 Å². The first-order chi connectivity index (χ1) is 10.8. The van der Waals surface area contributed by atoms with Gasteiger partial charge in [0, 0.05) is 10.9 Å². The average Bonchev–Trinajstić information content (AvgIpc) is 3.26. The van der Waals surface area contributed by atoms with Gasteiger partial charge in [-0.25, -0.2) is 0 Å². The van der Waals surface area contributed by atoms with E-state index >= 15 is 0 Å². The summed E-state index contributed by atoms with van der Waals surface area (Å²) >= 11 is 1.66. The number of benzene rings is 1. The van der Waals surface area contributed by atoms with E-state index in [1.165, 1.54) is 4.88 Å². The molecule has 112 valence electrons. The first-order valence-corrected chi connectivity index (χ1v) is 8.09. The molecule has 0 atom stereocenters. The molecule has 4 nitrogen and oxygen atoms in total. The largest absolute Gasteiger partial charge is 0.482 e. The van der Waals surface area contributed by atoms with Gasteiger partial charge in [0.1, 0.15) is 11.8 Å². The van der Waals surface area contributed by atoms with Gasteiger partial charge in [0.15, 0.2) is 6.61 Å². The molecule has 0 N–H and O–H groups in total. The summed E-state index contributed by atoms with van der Waals surface area (Å²) in [7, 11) is 0. The number of para-hydroxylation sites is 1. The van der Waals surface area contributed by atoms with Gasteiger partial charge in [-0.15, -0.1) is 11.3 Å². The van der Waals surface area contributed by atoms with E-state index < -0.39 is 0 Å². The smallest absolute Gasteiger partial charge is 0.261 e. The van der Waals surface area contributed by atoms with E-state index in [0.29, 0.717) is 23.9 Å². The van der Waals surface area contributed by atoms with Crippen molar-refractivity contribution in [2.24, 2.45) is 0 Å². The Kier molecular flexibility index (Phi) is 4.40. The molecule has 1 fully saturated rings. The van der Waals surface area contributed by atoms with Gasteiger partial charge in [-0.1, -0.05) is 18.2 Å². The Balaban J connectivity index is 1.63. The van der Waals surface area contributed by atoms with Gasteiger partial charge in [0.2, 0.25) is 0 Å². The zero-order valence-electron chi connectivity index (χ0n) is 12.1. The Morgan fingerprint density at radius 2 is 2.14 bits per heavy atom. The van der Waals surface area contributed by atoms with E-state index in [1.54, 1.807) is 35.6 Å². The summed E-state index contributed by atoms with van der Waals surface area (Å²) in [4.78, 5) is 15.5. The first kappa shape index (κ1) is 14.6. The molecule has 0 bridgehead atoms. The number of rotatable bonds is 6. The number of ether oxygens (including phenoxy) is 1. The summed E-state index contributed by atoms with van der Waals surface area (Å²) < 4.78 is 5.56. The maximum absolute atomic E-state index is 12.4. The summed E-state index contributed by atoms with van der Waals surface area (Å²) in [6.45, 7) is 0.616. The van der Waals surface area contributed by atoms with E-state index in [1.807, 2.05) is 22.4 Å². The molecular formula is C17H16N2O2S. The second-order valence-corrected chi connectivity index (χ2v) is 6.26. The summed E-state index contributed by atoms with van der Waals surface area (Å²) in [5, 5.41) is 11.1. The minimum atomic E-state index is -0.0272. The zero-order valence-corrected chi connectivity index (χ0v) is 12.9. The Hall–Kier alpha value is -2.32. The predicted octanol–water partition coefficient (Wildman–Crippen LogP) is 3.19. The van der Waals surface area contributed by atoms with E-state index in [-0.39, 0.29) is 12.5 Å². The average molecular weight is 312 g/mol. The van der Waals surface area contributed by atoms with E-state index in [2.05, 4.69) is 6.07 Å². The minimum Gasteiger partial charge on any atom is -0.482 e. The van der Waals surface area contributed by atoms with Crippen molar-refractivity contribution in [1.29, 1.82) is 5.26 Å². The molecule has 1 aromatic heterocycles. The Morgan fingerprint density at radius 3 is 2.82 bits per heavy atom. The first-order valence-electron chi connectivity index (χ1n) is 7.21. The minimum absolute atomic E-state index is 0.0244. The van der Waals surface area contributed by atoms with E-state index in [9.17, 15) is 4.79 Å². The Bertz CT molecular complexity index is 687. The van der Waals surface area contributed by atoms with Gasteiger partial charge < -0.3 is 9.64 Å². The SMILES string of the molecule is N#Cc1ccccc1OCC(=O)N(Cc1cccs1)C1CC1. The molecule has 1 amide bonds. The molecule has 0 radical (unpaired) electrons. The van der Waals surface area contributed by atoms with Crippen molar-refractivity contribution in [2.45, 2.75) is 25.4 Å². The lowest BCUT2D eigenvalue weighted by Gasteiger charge is -2.22. The topological polar surface area (TPSA) is 53.3 Å². The van der Waals surface area contributed by atoms with Crippen molar-refractivity contribution in [1.82, 2.24) is 4.90 Å². The van der Waals surface area contributed by atoms with Crippen molar-refractivity contribution in [3.05, 3.63) is 52.2 Å². The third-order valence-corrected chi connectivity index (χ3v) is 4.43.